The molecule has 0 spiro atoms. The van der Waals surface area contributed by atoms with E-state index in [1.807, 2.05) is 31.1 Å². The number of hydrogen-bond acceptors (Lipinski definition) is 4. The van der Waals surface area contributed by atoms with Gasteiger partial charge >= 0.3 is 0 Å². The highest BCUT2D eigenvalue weighted by Crippen LogP contribution is 2.22. The molecule has 1 aromatic heterocycles. The summed E-state index contributed by atoms with van der Waals surface area (Å²) in [6.45, 7) is 0. The van der Waals surface area contributed by atoms with E-state index >= 15 is 0 Å². The maximum absolute atomic E-state index is 4.32. The number of benzene rings is 1. The van der Waals surface area contributed by atoms with Crippen LogP contribution >= 0.6 is 11.8 Å². The zero-order valence-corrected chi connectivity index (χ0v) is 10.5. The molecule has 0 amide bonds. The van der Waals surface area contributed by atoms with Gasteiger partial charge in [0.2, 0.25) is 0 Å². The van der Waals surface area contributed by atoms with Gasteiger partial charge in [-0.15, -0.1) is 11.8 Å². The van der Waals surface area contributed by atoms with Crippen LogP contribution in [-0.4, -0.2) is 22.8 Å². The summed E-state index contributed by atoms with van der Waals surface area (Å²) in [6, 6.07) is 10.6. The highest BCUT2D eigenvalue weighted by molar-refractivity contribution is 7.99. The quantitative estimate of drug-likeness (QED) is 0.821. The second-order valence-corrected chi connectivity index (χ2v) is 4.69. The van der Waals surface area contributed by atoms with E-state index in [2.05, 4.69) is 39.6 Å². The molecular weight excluding hydrogens is 230 g/mol. The maximum Gasteiger partial charge on any atom is 0.0764 e. The number of nitrogens with zero attached hydrogens (tertiary/aromatic N) is 2. The average Bonchev–Trinajstić information content (AvgIpc) is 2.42. The van der Waals surface area contributed by atoms with Gasteiger partial charge in [0.05, 0.1) is 11.7 Å². The van der Waals surface area contributed by atoms with Crippen LogP contribution in [0.4, 0.5) is 0 Å². The van der Waals surface area contributed by atoms with Gasteiger partial charge in [-0.2, -0.15) is 0 Å². The van der Waals surface area contributed by atoms with E-state index in [-0.39, 0.29) is 6.04 Å². The first-order chi connectivity index (χ1) is 8.40. The zero-order valence-electron chi connectivity index (χ0n) is 9.71. The molecule has 1 N–H and O–H groups in total. The van der Waals surface area contributed by atoms with Gasteiger partial charge in [0.25, 0.3) is 0 Å². The topological polar surface area (TPSA) is 37.8 Å². The molecule has 0 saturated heterocycles. The summed E-state index contributed by atoms with van der Waals surface area (Å²) >= 11 is 1.82. The molecule has 4 heteroatoms. The summed E-state index contributed by atoms with van der Waals surface area (Å²) in [6.07, 6.45) is 5.24. The first-order valence-corrected chi connectivity index (χ1v) is 6.49. The minimum atomic E-state index is 0.230. The van der Waals surface area contributed by atoms with Crippen LogP contribution in [-0.2, 0) is 0 Å². The van der Waals surface area contributed by atoms with Gasteiger partial charge in [-0.1, -0.05) is 18.2 Å². The number of thioether (sulfide) groups is 1. The minimum absolute atomic E-state index is 0.230. The van der Waals surface area contributed by atoms with Gasteiger partial charge in [-0.3, -0.25) is 9.97 Å². The van der Waals surface area contributed by atoms with E-state index in [1.165, 1.54) is 4.90 Å². The summed E-state index contributed by atoms with van der Waals surface area (Å²) < 4.78 is 0. The normalized spacial score (nSPS) is 12.3. The van der Waals surface area contributed by atoms with E-state index < -0.39 is 0 Å². The fraction of sp³-hybridized carbons (Fsp3) is 0.231. The fourth-order valence-electron chi connectivity index (χ4n) is 1.50. The van der Waals surface area contributed by atoms with E-state index in [9.17, 15) is 0 Å². The van der Waals surface area contributed by atoms with Gasteiger partial charge < -0.3 is 5.32 Å². The molecule has 1 heterocycles. The van der Waals surface area contributed by atoms with E-state index in [1.54, 1.807) is 12.4 Å². The van der Waals surface area contributed by atoms with Crippen molar-refractivity contribution in [2.45, 2.75) is 10.9 Å². The molecule has 2 aromatic rings. The Hall–Kier alpha value is -1.39. The highest BCUT2D eigenvalue weighted by Gasteiger charge is 2.10. The highest BCUT2D eigenvalue weighted by atomic mass is 32.2. The van der Waals surface area contributed by atoms with Crippen LogP contribution in [0.2, 0.25) is 0 Å². The summed E-state index contributed by atoms with van der Waals surface area (Å²) in [4.78, 5) is 9.70. The molecule has 1 unspecified atom stereocenters. The Morgan fingerprint density at radius 3 is 2.71 bits per heavy atom. The smallest absolute Gasteiger partial charge is 0.0764 e. The summed E-state index contributed by atoms with van der Waals surface area (Å²) in [5.41, 5.74) is 0.985. The van der Waals surface area contributed by atoms with Gasteiger partial charge in [0.1, 0.15) is 0 Å². The molecule has 0 saturated carbocycles. The maximum atomic E-state index is 4.32. The van der Waals surface area contributed by atoms with Crippen molar-refractivity contribution in [3.05, 3.63) is 54.6 Å². The third-order valence-electron chi connectivity index (χ3n) is 2.45. The lowest BCUT2D eigenvalue weighted by Gasteiger charge is -2.14. The molecule has 2 rings (SSSR count). The van der Waals surface area contributed by atoms with Gasteiger partial charge in [-0.25, -0.2) is 0 Å². The van der Waals surface area contributed by atoms with Crippen LogP contribution in [0.1, 0.15) is 11.7 Å². The Balaban J connectivity index is 1.97. The molecular formula is C13H15N3S. The Bertz CT molecular complexity index is 433. The molecule has 0 fully saturated rings. The Labute approximate surface area is 106 Å². The standard InChI is InChI=1S/C13H15N3S/c1-14-13(12-9-15-7-8-16-12)10-17-11-5-3-2-4-6-11/h2-9,13-14H,10H2,1H3. The lowest BCUT2D eigenvalue weighted by molar-refractivity contribution is 0.638. The van der Waals surface area contributed by atoms with Crippen LogP contribution in [0.15, 0.2) is 53.8 Å². The van der Waals surface area contributed by atoms with Crippen molar-refractivity contribution in [3.63, 3.8) is 0 Å². The van der Waals surface area contributed by atoms with Crippen molar-refractivity contribution in [1.82, 2.24) is 15.3 Å². The third-order valence-corrected chi connectivity index (χ3v) is 3.55. The lowest BCUT2D eigenvalue weighted by atomic mass is 10.2. The number of hydrogen-bond donors (Lipinski definition) is 1. The Kier molecular flexibility index (Phi) is 4.53. The van der Waals surface area contributed by atoms with Crippen molar-refractivity contribution in [1.29, 1.82) is 0 Å². The molecule has 0 bridgehead atoms. The van der Waals surface area contributed by atoms with Crippen molar-refractivity contribution in [3.8, 4) is 0 Å². The van der Waals surface area contributed by atoms with Crippen molar-refractivity contribution in [2.75, 3.05) is 12.8 Å². The molecule has 1 atom stereocenters. The first-order valence-electron chi connectivity index (χ1n) is 5.51. The number of rotatable bonds is 5. The molecule has 0 radical (unpaired) electrons. The second-order valence-electron chi connectivity index (χ2n) is 3.60. The predicted molar refractivity (Wildman–Crippen MR) is 71.0 cm³/mol. The van der Waals surface area contributed by atoms with E-state index in [4.69, 9.17) is 0 Å². The molecule has 0 aliphatic heterocycles. The molecule has 0 aliphatic rings. The number of nitrogens with one attached hydrogen (secondary N) is 1. The SMILES string of the molecule is CNC(CSc1ccccc1)c1cnccn1. The molecule has 0 aliphatic carbocycles. The van der Waals surface area contributed by atoms with Gasteiger partial charge in [0.15, 0.2) is 0 Å². The monoisotopic (exact) mass is 245 g/mol. The van der Waals surface area contributed by atoms with Crippen molar-refractivity contribution >= 4 is 11.8 Å². The van der Waals surface area contributed by atoms with Crippen molar-refractivity contribution in [2.24, 2.45) is 0 Å². The van der Waals surface area contributed by atoms with Crippen LogP contribution in [0.25, 0.3) is 0 Å². The van der Waals surface area contributed by atoms with Crippen molar-refractivity contribution < 1.29 is 0 Å². The largest absolute Gasteiger partial charge is 0.311 e. The lowest BCUT2D eigenvalue weighted by Crippen LogP contribution is -2.20. The molecule has 1 aromatic carbocycles. The first kappa shape index (κ1) is 12.1. The Morgan fingerprint density at radius 2 is 2.06 bits per heavy atom. The van der Waals surface area contributed by atoms with Gasteiger partial charge in [-0.05, 0) is 19.2 Å². The third kappa shape index (κ3) is 3.54. The second kappa shape index (κ2) is 6.37. The fourth-order valence-corrected chi connectivity index (χ4v) is 2.55. The minimum Gasteiger partial charge on any atom is -0.311 e. The van der Waals surface area contributed by atoms with Crippen LogP contribution < -0.4 is 5.32 Å². The average molecular weight is 245 g/mol. The molecule has 17 heavy (non-hydrogen) atoms. The summed E-state index contributed by atoms with van der Waals surface area (Å²) in [5.74, 6) is 0.944. The summed E-state index contributed by atoms with van der Waals surface area (Å²) in [5, 5.41) is 3.27. The summed E-state index contributed by atoms with van der Waals surface area (Å²) in [7, 11) is 1.95. The van der Waals surface area contributed by atoms with Crippen LogP contribution in [0.5, 0.6) is 0 Å². The zero-order chi connectivity index (χ0) is 11.9. The van der Waals surface area contributed by atoms with Crippen LogP contribution in [0.3, 0.4) is 0 Å². The molecule has 88 valence electrons. The Morgan fingerprint density at radius 1 is 1.24 bits per heavy atom. The van der Waals surface area contributed by atoms with Gasteiger partial charge in [0, 0.05) is 29.2 Å². The number of aromatic nitrogens is 2. The predicted octanol–water partition coefficient (Wildman–Crippen LogP) is 2.53. The van der Waals surface area contributed by atoms with E-state index in [0.29, 0.717) is 0 Å². The van der Waals surface area contributed by atoms with Crippen LogP contribution in [0, 0.1) is 0 Å². The van der Waals surface area contributed by atoms with E-state index in [0.717, 1.165) is 11.4 Å². The molecule has 3 nitrogen and oxygen atoms in total.